The summed E-state index contributed by atoms with van der Waals surface area (Å²) in [5.41, 5.74) is 3.49. The Balaban J connectivity index is 1.51. The molecule has 1 aliphatic rings. The van der Waals surface area contributed by atoms with E-state index in [4.69, 9.17) is 0 Å². The van der Waals surface area contributed by atoms with Crippen LogP contribution < -0.4 is 0 Å². The maximum Gasteiger partial charge on any atom is 0.166 e. The van der Waals surface area contributed by atoms with Crippen molar-refractivity contribution < 1.29 is 13.2 Å². The molecule has 0 heterocycles. The first-order valence-corrected chi connectivity index (χ1v) is 12.5. The van der Waals surface area contributed by atoms with E-state index in [2.05, 4.69) is 25.1 Å². The van der Waals surface area contributed by atoms with Crippen molar-refractivity contribution in [2.45, 2.75) is 64.7 Å². The van der Waals surface area contributed by atoms with E-state index < -0.39 is 11.6 Å². The van der Waals surface area contributed by atoms with Gasteiger partial charge in [-0.15, -0.1) is 0 Å². The minimum Gasteiger partial charge on any atom is -0.206 e. The highest BCUT2D eigenvalue weighted by atomic mass is 19.2. The summed E-state index contributed by atoms with van der Waals surface area (Å²) in [6, 6.07) is 15.8. The molecule has 1 saturated carbocycles. The summed E-state index contributed by atoms with van der Waals surface area (Å²) in [5.74, 6) is -0.774. The molecule has 0 aliphatic heterocycles. The Morgan fingerprint density at radius 1 is 0.765 bits per heavy atom. The quantitative estimate of drug-likeness (QED) is 0.331. The number of halogens is 3. The molecular formula is C31H33F3. The lowest BCUT2D eigenvalue weighted by atomic mass is 9.82. The molecule has 178 valence electrons. The van der Waals surface area contributed by atoms with E-state index in [0.29, 0.717) is 34.9 Å². The van der Waals surface area contributed by atoms with E-state index in [1.54, 1.807) is 49.4 Å². The van der Waals surface area contributed by atoms with E-state index in [0.717, 1.165) is 24.0 Å². The summed E-state index contributed by atoms with van der Waals surface area (Å²) in [5, 5.41) is 0. The Labute approximate surface area is 201 Å². The van der Waals surface area contributed by atoms with E-state index in [1.165, 1.54) is 25.7 Å². The average molecular weight is 463 g/mol. The van der Waals surface area contributed by atoms with Crippen molar-refractivity contribution in [1.29, 1.82) is 0 Å². The normalized spacial score (nSPS) is 19.2. The van der Waals surface area contributed by atoms with Gasteiger partial charge in [-0.1, -0.05) is 80.4 Å². The van der Waals surface area contributed by atoms with Gasteiger partial charge in [0.1, 0.15) is 5.82 Å². The van der Waals surface area contributed by atoms with Crippen LogP contribution in [0.3, 0.4) is 0 Å². The third-order valence-electron chi connectivity index (χ3n) is 7.23. The molecule has 0 nitrogen and oxygen atoms in total. The number of hydrogen-bond donors (Lipinski definition) is 0. The fourth-order valence-electron chi connectivity index (χ4n) is 5.27. The molecule has 3 aromatic carbocycles. The fraction of sp³-hybridized carbons (Fsp3) is 0.355. The largest absolute Gasteiger partial charge is 0.206 e. The number of allylic oxidation sites excluding steroid dienone is 2. The Kier molecular flexibility index (Phi) is 7.92. The fourth-order valence-corrected chi connectivity index (χ4v) is 5.27. The van der Waals surface area contributed by atoms with Gasteiger partial charge in [-0.3, -0.25) is 0 Å². The molecule has 34 heavy (non-hydrogen) atoms. The first-order valence-electron chi connectivity index (χ1n) is 12.5. The van der Waals surface area contributed by atoms with Crippen LogP contribution in [-0.4, -0.2) is 0 Å². The van der Waals surface area contributed by atoms with E-state index in [9.17, 15) is 8.78 Å². The van der Waals surface area contributed by atoms with Crippen LogP contribution >= 0.6 is 0 Å². The van der Waals surface area contributed by atoms with Crippen molar-refractivity contribution >= 4 is 0 Å². The first kappa shape index (κ1) is 24.3. The van der Waals surface area contributed by atoms with Crippen molar-refractivity contribution in [3.05, 3.63) is 95.3 Å². The highest BCUT2D eigenvalue weighted by Crippen LogP contribution is 2.36. The van der Waals surface area contributed by atoms with Gasteiger partial charge in [0.05, 0.1) is 0 Å². The summed E-state index contributed by atoms with van der Waals surface area (Å²) in [6.45, 7) is 3.88. The standard InChI is InChI=1S/C31H33F3/c1-3-7-21-8-5-10-23(11-6-9-21)26-17-18-27(29(32)20-26)24-12-14-25(15-13-24)28-19-16-22(4-2)30(33)31(28)34/h3,7,12-21,23H,4-6,8-11H2,1-2H3/b7-3+. The molecule has 0 amide bonds. The van der Waals surface area contributed by atoms with Gasteiger partial charge in [-0.25, -0.2) is 13.2 Å². The van der Waals surface area contributed by atoms with Gasteiger partial charge in [-0.2, -0.15) is 0 Å². The molecule has 0 saturated heterocycles. The van der Waals surface area contributed by atoms with Crippen LogP contribution in [0.4, 0.5) is 13.2 Å². The van der Waals surface area contributed by atoms with Crippen LogP contribution in [0.25, 0.3) is 22.3 Å². The van der Waals surface area contributed by atoms with Crippen LogP contribution in [0.1, 0.15) is 69.4 Å². The summed E-state index contributed by atoms with van der Waals surface area (Å²) in [6.07, 6.45) is 11.9. The van der Waals surface area contributed by atoms with Crippen molar-refractivity contribution in [1.82, 2.24) is 0 Å². The molecule has 3 heteroatoms. The van der Waals surface area contributed by atoms with Gasteiger partial charge in [0, 0.05) is 11.1 Å². The third-order valence-corrected chi connectivity index (χ3v) is 7.23. The minimum atomic E-state index is -0.834. The molecule has 0 radical (unpaired) electrons. The first-order chi connectivity index (χ1) is 16.5. The monoisotopic (exact) mass is 462 g/mol. The SMILES string of the molecule is C/C=C/C1CCCC(c2ccc(-c3ccc(-c4ccc(CC)c(F)c4F)cc3)c(F)c2)CCC1. The van der Waals surface area contributed by atoms with Gasteiger partial charge in [0.2, 0.25) is 0 Å². The number of benzene rings is 3. The van der Waals surface area contributed by atoms with Crippen molar-refractivity contribution in [2.24, 2.45) is 5.92 Å². The maximum absolute atomic E-state index is 15.1. The topological polar surface area (TPSA) is 0 Å². The summed E-state index contributed by atoms with van der Waals surface area (Å²) >= 11 is 0. The lowest BCUT2D eigenvalue weighted by Gasteiger charge is -2.24. The summed E-state index contributed by atoms with van der Waals surface area (Å²) < 4.78 is 43.9. The predicted molar refractivity (Wildman–Crippen MR) is 135 cm³/mol. The van der Waals surface area contributed by atoms with Crippen LogP contribution in [0.15, 0.2) is 66.7 Å². The van der Waals surface area contributed by atoms with Crippen LogP contribution in [0, 0.1) is 23.4 Å². The lowest BCUT2D eigenvalue weighted by Crippen LogP contribution is -2.07. The molecule has 4 rings (SSSR count). The van der Waals surface area contributed by atoms with Gasteiger partial charge in [-0.05, 0) is 79.2 Å². The summed E-state index contributed by atoms with van der Waals surface area (Å²) in [4.78, 5) is 0. The summed E-state index contributed by atoms with van der Waals surface area (Å²) in [7, 11) is 0. The molecule has 0 atom stereocenters. The Hall–Kier alpha value is -2.81. The van der Waals surface area contributed by atoms with E-state index >= 15 is 4.39 Å². The van der Waals surface area contributed by atoms with Gasteiger partial charge >= 0.3 is 0 Å². The molecule has 0 bridgehead atoms. The lowest BCUT2D eigenvalue weighted by molar-refractivity contribution is 0.402. The van der Waals surface area contributed by atoms with Crippen molar-refractivity contribution in [3.63, 3.8) is 0 Å². The second kappa shape index (κ2) is 11.1. The molecule has 0 N–H and O–H groups in total. The highest BCUT2D eigenvalue weighted by Gasteiger charge is 2.19. The Bertz CT molecular complexity index is 1130. The smallest absolute Gasteiger partial charge is 0.166 e. The Morgan fingerprint density at radius 2 is 1.38 bits per heavy atom. The van der Waals surface area contributed by atoms with Crippen LogP contribution in [-0.2, 0) is 6.42 Å². The van der Waals surface area contributed by atoms with Gasteiger partial charge in [0.25, 0.3) is 0 Å². The highest BCUT2D eigenvalue weighted by molar-refractivity contribution is 5.71. The number of rotatable bonds is 5. The Morgan fingerprint density at radius 3 is 1.97 bits per heavy atom. The predicted octanol–water partition coefficient (Wildman–Crippen LogP) is 9.63. The molecule has 0 spiro atoms. The molecule has 1 fully saturated rings. The van der Waals surface area contributed by atoms with Crippen molar-refractivity contribution in [2.75, 3.05) is 0 Å². The molecule has 0 aromatic heterocycles. The number of aryl methyl sites for hydroxylation is 1. The zero-order valence-electron chi connectivity index (χ0n) is 20.1. The zero-order valence-corrected chi connectivity index (χ0v) is 20.1. The maximum atomic E-state index is 15.1. The minimum absolute atomic E-state index is 0.220. The van der Waals surface area contributed by atoms with Gasteiger partial charge < -0.3 is 0 Å². The second-order valence-corrected chi connectivity index (χ2v) is 9.41. The van der Waals surface area contributed by atoms with Crippen molar-refractivity contribution in [3.8, 4) is 22.3 Å². The third kappa shape index (κ3) is 5.29. The number of hydrogen-bond acceptors (Lipinski definition) is 0. The van der Waals surface area contributed by atoms with Crippen LogP contribution in [0.5, 0.6) is 0 Å². The molecular weight excluding hydrogens is 429 g/mol. The van der Waals surface area contributed by atoms with E-state index in [1.807, 2.05) is 6.07 Å². The molecule has 0 unspecified atom stereocenters. The van der Waals surface area contributed by atoms with Gasteiger partial charge in [0.15, 0.2) is 11.6 Å². The van der Waals surface area contributed by atoms with E-state index in [-0.39, 0.29) is 11.4 Å². The zero-order chi connectivity index (χ0) is 24.1. The van der Waals surface area contributed by atoms with Crippen LogP contribution in [0.2, 0.25) is 0 Å². The second-order valence-electron chi connectivity index (χ2n) is 9.41. The average Bonchev–Trinajstić information content (AvgIpc) is 2.83. The molecule has 3 aromatic rings. The molecule has 1 aliphatic carbocycles.